The van der Waals surface area contributed by atoms with Crippen molar-refractivity contribution >= 4 is 23.3 Å². The Balaban J connectivity index is 2.33. The van der Waals surface area contributed by atoms with Gasteiger partial charge in [0, 0.05) is 24.2 Å². The summed E-state index contributed by atoms with van der Waals surface area (Å²) < 4.78 is 0. The van der Waals surface area contributed by atoms with Crippen LogP contribution in [0.3, 0.4) is 0 Å². The van der Waals surface area contributed by atoms with E-state index < -0.39 is 12.1 Å². The van der Waals surface area contributed by atoms with Crippen LogP contribution in [-0.2, 0) is 11.3 Å². The fourth-order valence-corrected chi connectivity index (χ4v) is 1.96. The van der Waals surface area contributed by atoms with Crippen molar-refractivity contribution in [2.75, 3.05) is 6.54 Å². The first-order valence-electron chi connectivity index (χ1n) is 5.76. The number of hydrogen-bond acceptors (Lipinski definition) is 5. The second-order valence-corrected chi connectivity index (χ2v) is 4.78. The molecule has 0 aliphatic heterocycles. The highest BCUT2D eigenvalue weighted by atomic mass is 32.1. The average Bonchev–Trinajstić information content (AvgIpc) is 2.72. The average molecular weight is 270 g/mol. The summed E-state index contributed by atoms with van der Waals surface area (Å²) in [4.78, 5) is 27.0. The molecule has 0 aromatic carbocycles. The highest BCUT2D eigenvalue weighted by molar-refractivity contribution is 7.09. The first kappa shape index (κ1) is 14.6. The van der Waals surface area contributed by atoms with Gasteiger partial charge in [0.25, 0.3) is 0 Å². The van der Waals surface area contributed by atoms with Gasteiger partial charge in [-0.3, -0.25) is 15.4 Å². The molecule has 3 amide bonds. The number of aromatic nitrogens is 1. The Morgan fingerprint density at radius 1 is 1.50 bits per heavy atom. The summed E-state index contributed by atoms with van der Waals surface area (Å²) in [7, 11) is 0. The molecule has 100 valence electrons. The summed E-state index contributed by atoms with van der Waals surface area (Å²) in [6, 6.07) is -0.918. The number of aryl methyl sites for hydroxylation is 1. The Morgan fingerprint density at radius 2 is 2.22 bits per heavy atom. The molecule has 18 heavy (non-hydrogen) atoms. The fourth-order valence-electron chi connectivity index (χ4n) is 1.24. The second-order valence-electron chi connectivity index (χ2n) is 3.83. The van der Waals surface area contributed by atoms with Gasteiger partial charge >= 0.3 is 6.03 Å². The maximum atomic E-state index is 11.6. The molecular formula is C11H18N4O2S. The van der Waals surface area contributed by atoms with Crippen molar-refractivity contribution in [1.29, 1.82) is 0 Å². The van der Waals surface area contributed by atoms with Crippen LogP contribution in [0, 0.1) is 6.92 Å². The van der Waals surface area contributed by atoms with Crippen LogP contribution in [0.5, 0.6) is 0 Å². The van der Waals surface area contributed by atoms with Crippen molar-refractivity contribution in [2.45, 2.75) is 33.4 Å². The molecule has 0 bridgehead atoms. The minimum Gasteiger partial charge on any atom is -0.338 e. The zero-order valence-electron chi connectivity index (χ0n) is 10.7. The van der Waals surface area contributed by atoms with Crippen LogP contribution in [0.15, 0.2) is 5.38 Å². The molecule has 1 unspecified atom stereocenters. The molecule has 7 heteroatoms. The number of nitrogens with zero attached hydrogens (tertiary/aromatic N) is 1. The van der Waals surface area contributed by atoms with Gasteiger partial charge in [-0.25, -0.2) is 9.78 Å². The Kier molecular flexibility index (Phi) is 5.73. The minimum absolute atomic E-state index is 0.353. The molecule has 6 nitrogen and oxygen atoms in total. The van der Waals surface area contributed by atoms with E-state index in [1.807, 2.05) is 12.3 Å². The monoisotopic (exact) mass is 270 g/mol. The third kappa shape index (κ3) is 4.80. The Hall–Kier alpha value is -1.47. The molecule has 1 heterocycles. The van der Waals surface area contributed by atoms with Crippen LogP contribution in [0.25, 0.3) is 0 Å². The van der Waals surface area contributed by atoms with E-state index in [-0.39, 0.29) is 5.91 Å². The van der Waals surface area contributed by atoms with Crippen molar-refractivity contribution in [3.63, 3.8) is 0 Å². The maximum Gasteiger partial charge on any atom is 0.321 e. The number of amides is 3. The molecule has 0 fully saturated rings. The van der Waals surface area contributed by atoms with Crippen LogP contribution in [0.4, 0.5) is 4.79 Å². The standard InChI is InChI=1S/C11H18N4O2S/c1-4-12-11(17)15-10(16)8(3)13-5-9-14-7(2)6-18-9/h6,8,13H,4-5H2,1-3H3,(H2,12,15,16,17). The predicted octanol–water partition coefficient (Wildman–Crippen LogP) is 0.775. The van der Waals surface area contributed by atoms with Crippen molar-refractivity contribution < 1.29 is 9.59 Å². The van der Waals surface area contributed by atoms with E-state index in [0.717, 1.165) is 10.7 Å². The summed E-state index contributed by atoms with van der Waals surface area (Å²) in [6.45, 7) is 6.42. The number of nitrogens with one attached hydrogen (secondary N) is 3. The fraction of sp³-hybridized carbons (Fsp3) is 0.545. The molecule has 0 aliphatic carbocycles. The number of rotatable bonds is 5. The number of carbonyl (C=O) groups excluding carboxylic acids is 2. The number of imide groups is 1. The molecule has 0 saturated heterocycles. The lowest BCUT2D eigenvalue weighted by Gasteiger charge is -2.12. The van der Waals surface area contributed by atoms with Gasteiger partial charge in [-0.2, -0.15) is 0 Å². The number of thiazole rings is 1. The molecule has 3 N–H and O–H groups in total. The van der Waals surface area contributed by atoms with Crippen LogP contribution < -0.4 is 16.0 Å². The first-order chi connectivity index (χ1) is 8.52. The van der Waals surface area contributed by atoms with Crippen LogP contribution in [-0.4, -0.2) is 29.5 Å². The normalized spacial score (nSPS) is 11.9. The van der Waals surface area contributed by atoms with Gasteiger partial charge in [-0.1, -0.05) is 0 Å². The van der Waals surface area contributed by atoms with Gasteiger partial charge < -0.3 is 5.32 Å². The van der Waals surface area contributed by atoms with Crippen molar-refractivity contribution in [3.05, 3.63) is 16.1 Å². The quantitative estimate of drug-likeness (QED) is 0.738. The van der Waals surface area contributed by atoms with Crippen molar-refractivity contribution in [3.8, 4) is 0 Å². The predicted molar refractivity (Wildman–Crippen MR) is 70.4 cm³/mol. The smallest absolute Gasteiger partial charge is 0.321 e. The molecule has 1 atom stereocenters. The van der Waals surface area contributed by atoms with E-state index in [0.29, 0.717) is 13.1 Å². The minimum atomic E-state index is -0.471. The number of carbonyl (C=O) groups is 2. The summed E-state index contributed by atoms with van der Waals surface area (Å²) in [6.07, 6.45) is 0. The Labute approximate surface area is 110 Å². The topological polar surface area (TPSA) is 83.1 Å². The zero-order chi connectivity index (χ0) is 13.5. The first-order valence-corrected chi connectivity index (χ1v) is 6.64. The Bertz CT molecular complexity index is 419. The molecule has 0 saturated carbocycles. The molecular weight excluding hydrogens is 252 g/mol. The van der Waals surface area contributed by atoms with Gasteiger partial charge in [-0.05, 0) is 20.8 Å². The van der Waals surface area contributed by atoms with Crippen LogP contribution >= 0.6 is 11.3 Å². The SMILES string of the molecule is CCNC(=O)NC(=O)C(C)NCc1nc(C)cs1. The second kappa shape index (κ2) is 7.07. The maximum absolute atomic E-state index is 11.6. The summed E-state index contributed by atoms with van der Waals surface area (Å²) in [5.41, 5.74) is 0.969. The largest absolute Gasteiger partial charge is 0.338 e. The Morgan fingerprint density at radius 3 is 2.78 bits per heavy atom. The lowest BCUT2D eigenvalue weighted by molar-refractivity contribution is -0.121. The van der Waals surface area contributed by atoms with Gasteiger partial charge in [-0.15, -0.1) is 11.3 Å². The highest BCUT2D eigenvalue weighted by Crippen LogP contribution is 2.08. The van der Waals surface area contributed by atoms with E-state index in [2.05, 4.69) is 20.9 Å². The van der Waals surface area contributed by atoms with Gasteiger partial charge in [0.15, 0.2) is 0 Å². The van der Waals surface area contributed by atoms with E-state index in [1.54, 1.807) is 25.2 Å². The lowest BCUT2D eigenvalue weighted by Crippen LogP contribution is -2.47. The summed E-state index contributed by atoms with van der Waals surface area (Å²) >= 11 is 1.54. The molecule has 0 spiro atoms. The van der Waals surface area contributed by atoms with Crippen LogP contribution in [0.1, 0.15) is 24.5 Å². The number of hydrogen-bond donors (Lipinski definition) is 3. The highest BCUT2D eigenvalue weighted by Gasteiger charge is 2.15. The summed E-state index contributed by atoms with van der Waals surface area (Å²) in [5, 5.41) is 10.6. The molecule has 1 aromatic rings. The molecule has 0 aliphatic rings. The van der Waals surface area contributed by atoms with Crippen LogP contribution in [0.2, 0.25) is 0 Å². The van der Waals surface area contributed by atoms with Crippen molar-refractivity contribution in [2.24, 2.45) is 0 Å². The third-order valence-electron chi connectivity index (χ3n) is 2.19. The van der Waals surface area contributed by atoms with E-state index >= 15 is 0 Å². The van der Waals surface area contributed by atoms with Gasteiger partial charge in [0.1, 0.15) is 5.01 Å². The van der Waals surface area contributed by atoms with Gasteiger partial charge in [0.05, 0.1) is 6.04 Å². The zero-order valence-corrected chi connectivity index (χ0v) is 11.6. The summed E-state index contributed by atoms with van der Waals surface area (Å²) in [5.74, 6) is -0.353. The van der Waals surface area contributed by atoms with E-state index in [4.69, 9.17) is 0 Å². The molecule has 1 rings (SSSR count). The van der Waals surface area contributed by atoms with Gasteiger partial charge in [0.2, 0.25) is 5.91 Å². The van der Waals surface area contributed by atoms with E-state index in [9.17, 15) is 9.59 Å². The van der Waals surface area contributed by atoms with E-state index in [1.165, 1.54) is 0 Å². The lowest BCUT2D eigenvalue weighted by atomic mass is 10.3. The number of urea groups is 1. The van der Waals surface area contributed by atoms with Crippen molar-refractivity contribution in [1.82, 2.24) is 20.9 Å². The molecule has 1 aromatic heterocycles. The molecule has 0 radical (unpaired) electrons. The third-order valence-corrected chi connectivity index (χ3v) is 3.16.